The van der Waals surface area contributed by atoms with Gasteiger partial charge in [-0.05, 0) is 42.7 Å². The average molecular weight is 443 g/mol. The second-order valence-electron chi connectivity index (χ2n) is 5.97. The molecule has 6 heteroatoms. The maximum atomic E-state index is 13.1. The second-order valence-corrected chi connectivity index (χ2v) is 5.97. The Kier molecular flexibility index (Phi) is 6.65. The zero-order valence-electron chi connectivity index (χ0n) is 13.7. The number of rotatable bonds is 6. The van der Waals surface area contributed by atoms with E-state index >= 15 is 0 Å². The smallest absolute Gasteiger partial charge is 0.191 e. The molecule has 1 aliphatic rings. The van der Waals surface area contributed by atoms with Gasteiger partial charge in [0.1, 0.15) is 11.6 Å². The van der Waals surface area contributed by atoms with Gasteiger partial charge in [0.05, 0.1) is 6.26 Å². The molecule has 1 saturated carbocycles. The maximum absolute atomic E-state index is 13.1. The van der Waals surface area contributed by atoms with Gasteiger partial charge < -0.3 is 15.1 Å². The van der Waals surface area contributed by atoms with Gasteiger partial charge >= 0.3 is 0 Å². The van der Waals surface area contributed by atoms with Crippen molar-refractivity contribution in [2.75, 3.05) is 20.1 Å². The van der Waals surface area contributed by atoms with Crippen LogP contribution in [-0.4, -0.2) is 26.1 Å². The highest BCUT2D eigenvalue weighted by Gasteiger charge is 2.44. The maximum Gasteiger partial charge on any atom is 0.191 e. The molecule has 0 bridgehead atoms. The van der Waals surface area contributed by atoms with Crippen LogP contribution in [-0.2, 0) is 11.8 Å². The van der Waals surface area contributed by atoms with E-state index in [-0.39, 0.29) is 35.2 Å². The van der Waals surface area contributed by atoms with Crippen LogP contribution in [0.3, 0.4) is 0 Å². The zero-order valence-corrected chi connectivity index (χ0v) is 16.0. The molecule has 4 nitrogen and oxygen atoms in total. The number of aliphatic imine (C=N–C) groups is 1. The van der Waals surface area contributed by atoms with Crippen LogP contribution in [0.25, 0.3) is 0 Å². The van der Waals surface area contributed by atoms with Crippen LogP contribution in [0.4, 0.5) is 4.39 Å². The van der Waals surface area contributed by atoms with Crippen molar-refractivity contribution in [1.82, 2.24) is 10.6 Å². The lowest BCUT2D eigenvalue weighted by Gasteiger charge is -2.19. The lowest BCUT2D eigenvalue weighted by Crippen LogP contribution is -2.41. The quantitative estimate of drug-likeness (QED) is 0.409. The minimum absolute atomic E-state index is 0. The monoisotopic (exact) mass is 443 g/mol. The number of nitrogens with one attached hydrogen (secondary N) is 2. The number of hydrogen-bond acceptors (Lipinski definition) is 2. The van der Waals surface area contributed by atoms with Crippen molar-refractivity contribution < 1.29 is 8.81 Å². The zero-order chi connectivity index (χ0) is 16.1. The van der Waals surface area contributed by atoms with Crippen molar-refractivity contribution in [3.63, 3.8) is 0 Å². The first kappa shape index (κ1) is 18.8. The Balaban J connectivity index is 0.00000208. The SMILES string of the molecule is CN=C(NCCc1ccco1)NCC1(c2ccc(F)cc2)CC1.I. The Labute approximate surface area is 159 Å². The fourth-order valence-electron chi connectivity index (χ4n) is 2.75. The molecule has 0 atom stereocenters. The highest BCUT2D eigenvalue weighted by molar-refractivity contribution is 14.0. The normalized spacial score (nSPS) is 15.5. The van der Waals surface area contributed by atoms with Gasteiger partial charge in [0.25, 0.3) is 0 Å². The van der Waals surface area contributed by atoms with E-state index in [0.29, 0.717) is 0 Å². The minimum atomic E-state index is -0.187. The number of benzene rings is 1. The molecule has 1 aromatic heterocycles. The minimum Gasteiger partial charge on any atom is -0.469 e. The fourth-order valence-corrected chi connectivity index (χ4v) is 2.75. The molecule has 0 spiro atoms. The molecule has 0 radical (unpaired) electrons. The highest BCUT2D eigenvalue weighted by atomic mass is 127. The largest absolute Gasteiger partial charge is 0.469 e. The molecular weight excluding hydrogens is 420 g/mol. The van der Waals surface area contributed by atoms with Crippen LogP contribution in [0, 0.1) is 5.82 Å². The van der Waals surface area contributed by atoms with E-state index in [2.05, 4.69) is 15.6 Å². The third-order valence-electron chi connectivity index (χ3n) is 4.37. The van der Waals surface area contributed by atoms with E-state index in [4.69, 9.17) is 4.42 Å². The molecule has 0 unspecified atom stereocenters. The molecule has 1 aliphatic carbocycles. The third-order valence-corrected chi connectivity index (χ3v) is 4.37. The van der Waals surface area contributed by atoms with E-state index in [9.17, 15) is 4.39 Å². The van der Waals surface area contributed by atoms with Crippen molar-refractivity contribution in [2.45, 2.75) is 24.7 Å². The lowest BCUT2D eigenvalue weighted by molar-refractivity contribution is 0.506. The molecule has 130 valence electrons. The van der Waals surface area contributed by atoms with Crippen LogP contribution in [0.1, 0.15) is 24.2 Å². The molecule has 2 aromatic rings. The van der Waals surface area contributed by atoms with Gasteiger partial charge in [-0.25, -0.2) is 4.39 Å². The molecule has 1 fully saturated rings. The topological polar surface area (TPSA) is 49.6 Å². The standard InChI is InChI=1S/C18H22FN3O.HI/c1-20-17(21-11-8-16-3-2-12-23-16)22-13-18(9-10-18)14-4-6-15(19)7-5-14;/h2-7,12H,8-11,13H2,1H3,(H2,20,21,22);1H. The molecule has 0 aliphatic heterocycles. The molecule has 0 amide bonds. The van der Waals surface area contributed by atoms with Gasteiger partial charge in [-0.1, -0.05) is 12.1 Å². The van der Waals surface area contributed by atoms with E-state index in [1.54, 1.807) is 13.3 Å². The summed E-state index contributed by atoms with van der Waals surface area (Å²) in [5, 5.41) is 6.67. The van der Waals surface area contributed by atoms with Crippen molar-refractivity contribution in [3.05, 3.63) is 59.8 Å². The van der Waals surface area contributed by atoms with Gasteiger partial charge in [0.2, 0.25) is 0 Å². The first-order valence-corrected chi connectivity index (χ1v) is 7.95. The van der Waals surface area contributed by atoms with Gasteiger partial charge in [-0.15, -0.1) is 24.0 Å². The lowest BCUT2D eigenvalue weighted by atomic mass is 9.96. The summed E-state index contributed by atoms with van der Waals surface area (Å²) in [7, 11) is 1.76. The first-order valence-electron chi connectivity index (χ1n) is 7.95. The van der Waals surface area contributed by atoms with E-state index in [1.165, 1.54) is 17.7 Å². The molecule has 24 heavy (non-hydrogen) atoms. The van der Waals surface area contributed by atoms with E-state index in [1.807, 2.05) is 24.3 Å². The predicted octanol–water partition coefficient (Wildman–Crippen LogP) is 3.48. The summed E-state index contributed by atoms with van der Waals surface area (Å²) in [6, 6.07) is 10.7. The van der Waals surface area contributed by atoms with Crippen molar-refractivity contribution in [3.8, 4) is 0 Å². The summed E-state index contributed by atoms with van der Waals surface area (Å²) in [4.78, 5) is 4.25. The van der Waals surface area contributed by atoms with Gasteiger partial charge in [0.15, 0.2) is 5.96 Å². The van der Waals surface area contributed by atoms with Crippen LogP contribution < -0.4 is 10.6 Å². The Hall–Kier alpha value is -1.57. The van der Waals surface area contributed by atoms with Crippen molar-refractivity contribution >= 4 is 29.9 Å². The summed E-state index contributed by atoms with van der Waals surface area (Å²) < 4.78 is 18.4. The molecule has 2 N–H and O–H groups in total. The summed E-state index contributed by atoms with van der Waals surface area (Å²) in [5.41, 5.74) is 1.31. The number of furan rings is 1. The van der Waals surface area contributed by atoms with Crippen LogP contribution in [0.5, 0.6) is 0 Å². The molecule has 0 saturated heterocycles. The van der Waals surface area contributed by atoms with Crippen molar-refractivity contribution in [1.29, 1.82) is 0 Å². The molecule has 3 rings (SSSR count). The second kappa shape index (κ2) is 8.50. The van der Waals surface area contributed by atoms with Crippen LogP contribution in [0.15, 0.2) is 52.1 Å². The summed E-state index contributed by atoms with van der Waals surface area (Å²) in [5.74, 6) is 1.55. The summed E-state index contributed by atoms with van der Waals surface area (Å²) in [6.07, 6.45) is 4.74. The Morgan fingerprint density at radius 3 is 2.54 bits per heavy atom. The third kappa shape index (κ3) is 4.72. The Bertz CT molecular complexity index is 651. The summed E-state index contributed by atoms with van der Waals surface area (Å²) >= 11 is 0. The number of guanidine groups is 1. The van der Waals surface area contributed by atoms with E-state index in [0.717, 1.165) is 44.1 Å². The first-order chi connectivity index (χ1) is 11.2. The molecular formula is C18H23FIN3O. The fraction of sp³-hybridized carbons (Fsp3) is 0.389. The van der Waals surface area contributed by atoms with Crippen LogP contribution in [0.2, 0.25) is 0 Å². The van der Waals surface area contributed by atoms with Crippen molar-refractivity contribution in [2.24, 2.45) is 4.99 Å². The average Bonchev–Trinajstić information content (AvgIpc) is 3.18. The Morgan fingerprint density at radius 2 is 1.96 bits per heavy atom. The van der Waals surface area contributed by atoms with Gasteiger partial charge in [0, 0.05) is 32.0 Å². The highest BCUT2D eigenvalue weighted by Crippen LogP contribution is 2.47. The number of nitrogens with zero attached hydrogens (tertiary/aromatic N) is 1. The van der Waals surface area contributed by atoms with Gasteiger partial charge in [-0.3, -0.25) is 4.99 Å². The molecule has 1 aromatic carbocycles. The number of hydrogen-bond donors (Lipinski definition) is 2. The predicted molar refractivity (Wildman–Crippen MR) is 105 cm³/mol. The van der Waals surface area contributed by atoms with Crippen LogP contribution >= 0.6 is 24.0 Å². The number of halogens is 2. The Morgan fingerprint density at radius 1 is 1.21 bits per heavy atom. The van der Waals surface area contributed by atoms with Gasteiger partial charge in [-0.2, -0.15) is 0 Å². The molecule has 1 heterocycles. The van der Waals surface area contributed by atoms with E-state index < -0.39 is 0 Å². The summed E-state index contributed by atoms with van der Waals surface area (Å²) in [6.45, 7) is 1.57.